The fourth-order valence-corrected chi connectivity index (χ4v) is 2.64. The van der Waals surface area contributed by atoms with Crippen LogP contribution in [0.2, 0.25) is 0 Å². The van der Waals surface area contributed by atoms with Crippen LogP contribution < -0.4 is 5.32 Å². The van der Waals surface area contributed by atoms with Gasteiger partial charge in [0.1, 0.15) is 0 Å². The first-order valence-electron chi connectivity index (χ1n) is 6.82. The van der Waals surface area contributed by atoms with E-state index in [4.69, 9.17) is 0 Å². The van der Waals surface area contributed by atoms with E-state index in [1.54, 1.807) is 0 Å². The summed E-state index contributed by atoms with van der Waals surface area (Å²) in [5, 5.41) is 3.46. The highest BCUT2D eigenvalue weighted by atomic mass is 14.9. The topological polar surface area (TPSA) is 12.0 Å². The molecule has 17 heavy (non-hydrogen) atoms. The van der Waals surface area contributed by atoms with Gasteiger partial charge in [-0.1, -0.05) is 56.0 Å². The highest BCUT2D eigenvalue weighted by molar-refractivity contribution is 5.30. The molecule has 0 aliphatic rings. The molecule has 1 N–H and O–H groups in total. The van der Waals surface area contributed by atoms with Crippen LogP contribution in [0.1, 0.15) is 55.8 Å². The van der Waals surface area contributed by atoms with Gasteiger partial charge in [0.2, 0.25) is 0 Å². The Hall–Kier alpha value is -0.820. The number of hydrogen-bond donors (Lipinski definition) is 1. The van der Waals surface area contributed by atoms with E-state index < -0.39 is 0 Å². The SMILES string of the molecule is CCCC(C)CC(NC)c1cc(C)cc(C)c1. The number of aryl methyl sites for hydroxylation is 2. The van der Waals surface area contributed by atoms with Crippen molar-refractivity contribution in [2.45, 2.75) is 53.0 Å². The average Bonchev–Trinajstić information content (AvgIpc) is 2.24. The third-order valence-electron chi connectivity index (χ3n) is 3.41. The van der Waals surface area contributed by atoms with E-state index in [0.29, 0.717) is 6.04 Å². The van der Waals surface area contributed by atoms with E-state index in [2.05, 4.69) is 58.3 Å². The molecule has 2 unspecified atom stereocenters. The highest BCUT2D eigenvalue weighted by Gasteiger charge is 2.13. The lowest BCUT2D eigenvalue weighted by Crippen LogP contribution is -2.19. The second kappa shape index (κ2) is 6.80. The Bertz CT molecular complexity index is 323. The van der Waals surface area contributed by atoms with Crippen LogP contribution in [0.25, 0.3) is 0 Å². The van der Waals surface area contributed by atoms with Gasteiger partial charge in [0.05, 0.1) is 0 Å². The zero-order valence-corrected chi connectivity index (χ0v) is 12.0. The number of rotatable bonds is 6. The molecule has 1 aromatic carbocycles. The molecule has 96 valence electrons. The Morgan fingerprint density at radius 1 is 1.12 bits per heavy atom. The predicted octanol–water partition coefficient (Wildman–Crippen LogP) is 4.39. The molecule has 1 nitrogen and oxygen atoms in total. The number of hydrogen-bond acceptors (Lipinski definition) is 1. The van der Waals surface area contributed by atoms with Crippen molar-refractivity contribution in [3.63, 3.8) is 0 Å². The van der Waals surface area contributed by atoms with Gasteiger partial charge in [-0.25, -0.2) is 0 Å². The van der Waals surface area contributed by atoms with Gasteiger partial charge in [0, 0.05) is 6.04 Å². The molecule has 0 heterocycles. The van der Waals surface area contributed by atoms with Gasteiger partial charge in [-0.05, 0) is 38.8 Å². The molecule has 0 saturated heterocycles. The zero-order valence-electron chi connectivity index (χ0n) is 12.0. The van der Waals surface area contributed by atoms with E-state index in [1.807, 2.05) is 0 Å². The molecule has 0 fully saturated rings. The van der Waals surface area contributed by atoms with E-state index in [9.17, 15) is 0 Å². The van der Waals surface area contributed by atoms with Gasteiger partial charge < -0.3 is 5.32 Å². The Morgan fingerprint density at radius 3 is 2.18 bits per heavy atom. The van der Waals surface area contributed by atoms with Gasteiger partial charge in [-0.3, -0.25) is 0 Å². The first-order valence-corrected chi connectivity index (χ1v) is 6.82. The van der Waals surface area contributed by atoms with Gasteiger partial charge in [0.25, 0.3) is 0 Å². The smallest absolute Gasteiger partial charge is 0.0320 e. The Morgan fingerprint density at radius 2 is 1.71 bits per heavy atom. The molecular weight excluding hydrogens is 206 g/mol. The zero-order chi connectivity index (χ0) is 12.8. The predicted molar refractivity (Wildman–Crippen MR) is 76.4 cm³/mol. The molecule has 1 rings (SSSR count). The Labute approximate surface area is 107 Å². The summed E-state index contributed by atoms with van der Waals surface area (Å²) in [4.78, 5) is 0. The summed E-state index contributed by atoms with van der Waals surface area (Å²) < 4.78 is 0. The van der Waals surface area contributed by atoms with Crippen LogP contribution in [0.5, 0.6) is 0 Å². The van der Waals surface area contributed by atoms with Crippen molar-refractivity contribution in [2.75, 3.05) is 7.05 Å². The Kier molecular flexibility index (Phi) is 5.70. The van der Waals surface area contributed by atoms with Crippen LogP contribution in [-0.4, -0.2) is 7.05 Å². The first kappa shape index (κ1) is 14.2. The number of nitrogens with one attached hydrogen (secondary N) is 1. The highest BCUT2D eigenvalue weighted by Crippen LogP contribution is 2.25. The van der Waals surface area contributed by atoms with Gasteiger partial charge in [-0.2, -0.15) is 0 Å². The van der Waals surface area contributed by atoms with Crippen LogP contribution >= 0.6 is 0 Å². The maximum atomic E-state index is 3.46. The molecule has 0 aromatic heterocycles. The fraction of sp³-hybridized carbons (Fsp3) is 0.625. The van der Waals surface area contributed by atoms with Gasteiger partial charge in [0.15, 0.2) is 0 Å². The molecule has 0 saturated carbocycles. The molecule has 1 aromatic rings. The fourth-order valence-electron chi connectivity index (χ4n) is 2.64. The van der Waals surface area contributed by atoms with Crippen molar-refractivity contribution in [1.29, 1.82) is 0 Å². The minimum absolute atomic E-state index is 0.496. The quantitative estimate of drug-likeness (QED) is 0.768. The van der Waals surface area contributed by atoms with Gasteiger partial charge >= 0.3 is 0 Å². The minimum atomic E-state index is 0.496. The van der Waals surface area contributed by atoms with Gasteiger partial charge in [-0.15, -0.1) is 0 Å². The van der Waals surface area contributed by atoms with E-state index >= 15 is 0 Å². The maximum Gasteiger partial charge on any atom is 0.0320 e. The molecule has 0 radical (unpaired) electrons. The summed E-state index contributed by atoms with van der Waals surface area (Å²) in [6.45, 7) is 8.98. The summed E-state index contributed by atoms with van der Waals surface area (Å²) in [6.07, 6.45) is 3.83. The third kappa shape index (κ3) is 4.51. The van der Waals surface area contributed by atoms with Crippen LogP contribution in [0.15, 0.2) is 18.2 Å². The van der Waals surface area contributed by atoms with Crippen LogP contribution in [0.4, 0.5) is 0 Å². The molecule has 0 spiro atoms. The van der Waals surface area contributed by atoms with Crippen molar-refractivity contribution in [1.82, 2.24) is 5.32 Å². The van der Waals surface area contributed by atoms with Crippen molar-refractivity contribution in [3.05, 3.63) is 34.9 Å². The molecule has 0 aliphatic carbocycles. The lowest BCUT2D eigenvalue weighted by molar-refractivity contribution is 0.406. The summed E-state index contributed by atoms with van der Waals surface area (Å²) in [5.74, 6) is 0.790. The van der Waals surface area contributed by atoms with Crippen molar-refractivity contribution >= 4 is 0 Å². The third-order valence-corrected chi connectivity index (χ3v) is 3.41. The maximum absolute atomic E-state index is 3.46. The van der Waals surface area contributed by atoms with Crippen LogP contribution in [-0.2, 0) is 0 Å². The van der Waals surface area contributed by atoms with E-state index in [-0.39, 0.29) is 0 Å². The van der Waals surface area contributed by atoms with Crippen molar-refractivity contribution in [2.24, 2.45) is 5.92 Å². The largest absolute Gasteiger partial charge is 0.313 e. The average molecular weight is 233 g/mol. The van der Waals surface area contributed by atoms with Crippen LogP contribution in [0, 0.1) is 19.8 Å². The standard InChI is InChI=1S/C16H27N/c1-6-7-12(2)11-16(17-5)15-9-13(3)8-14(4)10-15/h8-10,12,16-17H,6-7,11H2,1-5H3. The summed E-state index contributed by atoms with van der Waals surface area (Å²) in [6, 6.07) is 7.36. The normalized spacial score (nSPS) is 14.6. The lowest BCUT2D eigenvalue weighted by atomic mass is 9.91. The van der Waals surface area contributed by atoms with E-state index in [1.165, 1.54) is 36.0 Å². The van der Waals surface area contributed by atoms with Crippen LogP contribution in [0.3, 0.4) is 0 Å². The van der Waals surface area contributed by atoms with Crippen molar-refractivity contribution in [3.8, 4) is 0 Å². The molecule has 0 aliphatic heterocycles. The Balaban J connectivity index is 2.78. The second-order valence-corrected chi connectivity index (χ2v) is 5.39. The molecule has 0 bridgehead atoms. The summed E-state index contributed by atoms with van der Waals surface area (Å²) in [7, 11) is 2.07. The monoisotopic (exact) mass is 233 g/mol. The summed E-state index contributed by atoms with van der Waals surface area (Å²) >= 11 is 0. The first-order chi connectivity index (χ1) is 8.06. The molecule has 1 heteroatoms. The molecule has 2 atom stereocenters. The molecule has 0 amide bonds. The lowest BCUT2D eigenvalue weighted by Gasteiger charge is -2.21. The minimum Gasteiger partial charge on any atom is -0.313 e. The van der Waals surface area contributed by atoms with E-state index in [0.717, 1.165) is 5.92 Å². The number of benzene rings is 1. The molecular formula is C16H27N. The van der Waals surface area contributed by atoms with Crippen molar-refractivity contribution < 1.29 is 0 Å². The summed E-state index contributed by atoms with van der Waals surface area (Å²) in [5.41, 5.74) is 4.17. The second-order valence-electron chi connectivity index (χ2n) is 5.39.